The maximum atomic E-state index is 11.9. The number of rotatable bonds is 5. The van der Waals surface area contributed by atoms with Crippen LogP contribution in [-0.2, 0) is 9.59 Å². The summed E-state index contributed by atoms with van der Waals surface area (Å²) in [6, 6.07) is 6.86. The molecule has 4 N–H and O–H groups in total. The molecule has 110 valence electrons. The van der Waals surface area contributed by atoms with Gasteiger partial charge in [-0.25, -0.2) is 0 Å². The molecule has 0 aromatic heterocycles. The Hall–Kier alpha value is -1.88. The van der Waals surface area contributed by atoms with Crippen molar-refractivity contribution < 1.29 is 9.59 Å². The van der Waals surface area contributed by atoms with Crippen molar-refractivity contribution in [3.8, 4) is 0 Å². The van der Waals surface area contributed by atoms with Crippen LogP contribution in [0, 0.1) is 11.8 Å². The predicted molar refractivity (Wildman–Crippen MR) is 81.4 cm³/mol. The van der Waals surface area contributed by atoms with Crippen molar-refractivity contribution >= 4 is 23.2 Å². The Balaban J connectivity index is 2.73. The van der Waals surface area contributed by atoms with Gasteiger partial charge in [0.25, 0.3) is 0 Å². The van der Waals surface area contributed by atoms with Crippen molar-refractivity contribution in [3.63, 3.8) is 0 Å². The molecule has 2 unspecified atom stereocenters. The van der Waals surface area contributed by atoms with E-state index in [1.54, 1.807) is 38.1 Å². The highest BCUT2D eigenvalue weighted by atomic mass is 16.2. The van der Waals surface area contributed by atoms with E-state index in [4.69, 9.17) is 5.73 Å². The second kappa shape index (κ2) is 7.05. The molecule has 0 saturated heterocycles. The molecular formula is C15H23N3O2. The number of amides is 2. The molecule has 5 heteroatoms. The molecule has 0 bridgehead atoms. The second-order valence-corrected chi connectivity index (χ2v) is 5.36. The number of hydrogen-bond donors (Lipinski definition) is 3. The van der Waals surface area contributed by atoms with E-state index < -0.39 is 0 Å². The van der Waals surface area contributed by atoms with Crippen molar-refractivity contribution in [2.45, 2.75) is 33.7 Å². The summed E-state index contributed by atoms with van der Waals surface area (Å²) in [6.45, 7) is 7.23. The summed E-state index contributed by atoms with van der Waals surface area (Å²) < 4.78 is 0. The summed E-state index contributed by atoms with van der Waals surface area (Å²) in [5.41, 5.74) is 7.01. The molecule has 0 saturated carbocycles. The van der Waals surface area contributed by atoms with E-state index in [2.05, 4.69) is 10.6 Å². The van der Waals surface area contributed by atoms with Crippen LogP contribution < -0.4 is 16.4 Å². The average molecular weight is 277 g/mol. The van der Waals surface area contributed by atoms with E-state index in [0.717, 1.165) is 0 Å². The van der Waals surface area contributed by atoms with Gasteiger partial charge in [-0.3, -0.25) is 9.59 Å². The first-order valence-corrected chi connectivity index (χ1v) is 6.78. The van der Waals surface area contributed by atoms with Crippen LogP contribution in [0.2, 0.25) is 0 Å². The van der Waals surface area contributed by atoms with E-state index in [1.165, 1.54) is 0 Å². The third-order valence-corrected chi connectivity index (χ3v) is 3.12. The summed E-state index contributed by atoms with van der Waals surface area (Å²) in [7, 11) is 0. The highest BCUT2D eigenvalue weighted by Gasteiger charge is 2.17. The normalized spacial score (nSPS) is 13.7. The molecule has 20 heavy (non-hydrogen) atoms. The molecule has 1 rings (SSSR count). The number of carbonyl (C=O) groups is 2. The third kappa shape index (κ3) is 4.66. The van der Waals surface area contributed by atoms with Crippen molar-refractivity contribution in [1.29, 1.82) is 0 Å². The van der Waals surface area contributed by atoms with Crippen LogP contribution in [0.4, 0.5) is 11.4 Å². The zero-order valence-corrected chi connectivity index (χ0v) is 12.4. The van der Waals surface area contributed by atoms with Gasteiger partial charge in [-0.1, -0.05) is 26.8 Å². The van der Waals surface area contributed by atoms with E-state index in [1.807, 2.05) is 13.8 Å². The van der Waals surface area contributed by atoms with Crippen LogP contribution in [0.25, 0.3) is 0 Å². The van der Waals surface area contributed by atoms with Gasteiger partial charge in [0.1, 0.15) is 0 Å². The summed E-state index contributed by atoms with van der Waals surface area (Å²) in [6.07, 6.45) is 0. The van der Waals surface area contributed by atoms with Crippen molar-refractivity contribution in [1.82, 2.24) is 0 Å². The lowest BCUT2D eigenvalue weighted by molar-refractivity contribution is -0.120. The minimum atomic E-state index is -0.274. The van der Waals surface area contributed by atoms with E-state index in [9.17, 15) is 9.59 Å². The van der Waals surface area contributed by atoms with Crippen LogP contribution >= 0.6 is 0 Å². The van der Waals surface area contributed by atoms with Gasteiger partial charge in [-0.2, -0.15) is 0 Å². The maximum absolute atomic E-state index is 11.9. The molecule has 0 aliphatic heterocycles. The molecule has 5 nitrogen and oxygen atoms in total. The number of nitrogens with two attached hydrogens (primary N) is 1. The first-order chi connectivity index (χ1) is 9.31. The predicted octanol–water partition coefficient (Wildman–Crippen LogP) is 2.20. The minimum absolute atomic E-state index is 0.0579. The Morgan fingerprint density at radius 3 is 1.95 bits per heavy atom. The Bertz CT molecular complexity index is 484. The Morgan fingerprint density at radius 1 is 1.00 bits per heavy atom. The lowest BCUT2D eigenvalue weighted by Gasteiger charge is -2.16. The molecule has 0 aliphatic rings. The molecule has 1 aromatic rings. The van der Waals surface area contributed by atoms with Crippen LogP contribution in [-0.4, -0.2) is 17.9 Å². The van der Waals surface area contributed by atoms with Crippen LogP contribution in [0.5, 0.6) is 0 Å². The molecule has 2 atom stereocenters. The quantitative estimate of drug-likeness (QED) is 0.771. The zero-order chi connectivity index (χ0) is 15.3. The molecule has 0 heterocycles. The van der Waals surface area contributed by atoms with Crippen LogP contribution in [0.1, 0.15) is 27.7 Å². The van der Waals surface area contributed by atoms with E-state index in [-0.39, 0.29) is 29.7 Å². The maximum Gasteiger partial charge on any atom is 0.228 e. The Kier molecular flexibility index (Phi) is 5.70. The number of anilines is 2. The van der Waals surface area contributed by atoms with Gasteiger partial charge in [0, 0.05) is 23.3 Å². The average Bonchev–Trinajstić information content (AvgIpc) is 2.37. The van der Waals surface area contributed by atoms with Gasteiger partial charge in [0.2, 0.25) is 11.8 Å². The van der Waals surface area contributed by atoms with E-state index >= 15 is 0 Å². The van der Waals surface area contributed by atoms with Crippen molar-refractivity contribution in [2.75, 3.05) is 10.6 Å². The largest absolute Gasteiger partial charge is 0.327 e. The highest BCUT2D eigenvalue weighted by Crippen LogP contribution is 2.17. The van der Waals surface area contributed by atoms with Crippen LogP contribution in [0.15, 0.2) is 24.3 Å². The second-order valence-electron chi connectivity index (χ2n) is 5.36. The fourth-order valence-electron chi connectivity index (χ4n) is 1.46. The summed E-state index contributed by atoms with van der Waals surface area (Å²) in [4.78, 5) is 23.5. The Labute approximate surface area is 119 Å². The van der Waals surface area contributed by atoms with Gasteiger partial charge in [0.05, 0.1) is 5.92 Å². The zero-order valence-electron chi connectivity index (χ0n) is 12.4. The number of hydrogen-bond acceptors (Lipinski definition) is 3. The lowest BCUT2D eigenvalue weighted by Crippen LogP contribution is -2.34. The van der Waals surface area contributed by atoms with Gasteiger partial charge in [-0.15, -0.1) is 0 Å². The molecule has 2 amide bonds. The molecule has 0 radical (unpaired) electrons. The van der Waals surface area contributed by atoms with Gasteiger partial charge < -0.3 is 16.4 Å². The minimum Gasteiger partial charge on any atom is -0.327 e. The summed E-state index contributed by atoms with van der Waals surface area (Å²) in [5.74, 6) is -0.556. The van der Waals surface area contributed by atoms with Gasteiger partial charge >= 0.3 is 0 Å². The number of nitrogens with one attached hydrogen (secondary N) is 2. The molecule has 0 fully saturated rings. The monoisotopic (exact) mass is 277 g/mol. The molecule has 1 aromatic carbocycles. The Morgan fingerprint density at radius 2 is 1.50 bits per heavy atom. The number of carbonyl (C=O) groups excluding carboxylic acids is 2. The number of benzene rings is 1. The third-order valence-electron chi connectivity index (χ3n) is 3.12. The van der Waals surface area contributed by atoms with Crippen LogP contribution in [0.3, 0.4) is 0 Å². The molecular weight excluding hydrogens is 254 g/mol. The first-order valence-electron chi connectivity index (χ1n) is 6.78. The summed E-state index contributed by atoms with van der Waals surface area (Å²) in [5, 5.41) is 5.59. The molecule has 0 spiro atoms. The topological polar surface area (TPSA) is 84.2 Å². The van der Waals surface area contributed by atoms with Gasteiger partial charge in [-0.05, 0) is 25.1 Å². The van der Waals surface area contributed by atoms with E-state index in [0.29, 0.717) is 11.4 Å². The fraction of sp³-hybridized carbons (Fsp3) is 0.467. The van der Waals surface area contributed by atoms with Crippen molar-refractivity contribution in [2.24, 2.45) is 17.6 Å². The summed E-state index contributed by atoms with van der Waals surface area (Å²) >= 11 is 0. The highest BCUT2D eigenvalue weighted by molar-refractivity contribution is 5.95. The van der Waals surface area contributed by atoms with Gasteiger partial charge in [0.15, 0.2) is 0 Å². The smallest absolute Gasteiger partial charge is 0.228 e. The SMILES string of the molecule is CC(C)C(=O)Nc1cccc(NC(=O)C(C)C(C)N)c1. The fourth-order valence-corrected chi connectivity index (χ4v) is 1.46. The first kappa shape index (κ1) is 16.2. The lowest BCUT2D eigenvalue weighted by atomic mass is 10.0. The standard InChI is InChI=1S/C15H23N3O2/c1-9(2)14(19)17-12-6-5-7-13(8-12)18-15(20)10(3)11(4)16/h5-11H,16H2,1-4H3,(H,17,19)(H,18,20). The molecule has 0 aliphatic carbocycles. The van der Waals surface area contributed by atoms with Crippen molar-refractivity contribution in [3.05, 3.63) is 24.3 Å².